The van der Waals surface area contributed by atoms with Crippen molar-refractivity contribution in [2.45, 2.75) is 25.2 Å². The van der Waals surface area contributed by atoms with Crippen molar-refractivity contribution in [1.29, 1.82) is 0 Å². The highest BCUT2D eigenvalue weighted by atomic mass is 19.1. The lowest BCUT2D eigenvalue weighted by Crippen LogP contribution is -2.58. The number of nitrogens with zero attached hydrogens (tertiary/aromatic N) is 1. The van der Waals surface area contributed by atoms with E-state index in [9.17, 15) is 18.8 Å². The molecule has 3 N–H and O–H groups in total. The van der Waals surface area contributed by atoms with Crippen molar-refractivity contribution in [3.8, 4) is 23.0 Å². The minimum Gasteiger partial charge on any atom is -0.496 e. The maximum absolute atomic E-state index is 14.7. The highest BCUT2D eigenvalue weighted by Gasteiger charge is 2.35. The van der Waals surface area contributed by atoms with E-state index in [0.717, 1.165) is 5.56 Å². The van der Waals surface area contributed by atoms with Crippen LogP contribution in [0.1, 0.15) is 32.7 Å². The minimum atomic E-state index is -0.683. The van der Waals surface area contributed by atoms with Gasteiger partial charge in [0, 0.05) is 44.9 Å². The molecule has 2 atom stereocenters. The number of likely N-dealkylation sites (tertiary alicyclic amines) is 1. The van der Waals surface area contributed by atoms with Crippen molar-refractivity contribution in [2.75, 3.05) is 53.6 Å². The number of halogens is 1. The van der Waals surface area contributed by atoms with Crippen LogP contribution in [0.3, 0.4) is 0 Å². The fourth-order valence-corrected chi connectivity index (χ4v) is 5.27. The summed E-state index contributed by atoms with van der Waals surface area (Å²) in [4.78, 5) is 40.8. The predicted molar refractivity (Wildman–Crippen MR) is 165 cm³/mol. The van der Waals surface area contributed by atoms with E-state index in [1.807, 2.05) is 12.1 Å². The van der Waals surface area contributed by atoms with E-state index in [0.29, 0.717) is 35.8 Å². The summed E-state index contributed by atoms with van der Waals surface area (Å²) in [7, 11) is 2.95. The molecule has 12 nitrogen and oxygen atoms in total. The summed E-state index contributed by atoms with van der Waals surface area (Å²) in [6.07, 6.45) is -0.253. The van der Waals surface area contributed by atoms with Crippen molar-refractivity contribution in [3.63, 3.8) is 0 Å². The van der Waals surface area contributed by atoms with Gasteiger partial charge in [-0.1, -0.05) is 18.2 Å². The molecule has 2 aliphatic heterocycles. The van der Waals surface area contributed by atoms with E-state index in [2.05, 4.69) is 16.0 Å². The van der Waals surface area contributed by atoms with Gasteiger partial charge in [-0.2, -0.15) is 0 Å². The lowest BCUT2D eigenvalue weighted by Gasteiger charge is -2.39. The highest BCUT2D eigenvalue weighted by Crippen LogP contribution is 2.29. The average Bonchev–Trinajstić information content (AvgIpc) is 3.05. The van der Waals surface area contributed by atoms with Crippen molar-refractivity contribution in [3.05, 3.63) is 83.2 Å². The Morgan fingerprint density at radius 1 is 1.00 bits per heavy atom. The quantitative estimate of drug-likeness (QED) is 0.350. The summed E-state index contributed by atoms with van der Waals surface area (Å²) in [5.41, 5.74) is 0.941. The molecule has 2 aliphatic rings. The minimum absolute atomic E-state index is 0.103. The van der Waals surface area contributed by atoms with E-state index in [-0.39, 0.29) is 56.6 Å². The number of ether oxygens (including phenoxy) is 5. The van der Waals surface area contributed by atoms with Gasteiger partial charge in [-0.15, -0.1) is 0 Å². The first-order valence-corrected chi connectivity index (χ1v) is 14.9. The molecule has 4 amide bonds. The Morgan fingerprint density at radius 3 is 2.65 bits per heavy atom. The normalized spacial score (nSPS) is 18.8. The first kappa shape index (κ1) is 32.5. The van der Waals surface area contributed by atoms with Gasteiger partial charge in [0.2, 0.25) is 0 Å². The zero-order chi connectivity index (χ0) is 32.5. The summed E-state index contributed by atoms with van der Waals surface area (Å²) in [6.45, 7) is 1.48. The van der Waals surface area contributed by atoms with Crippen LogP contribution in [0.15, 0.2) is 60.7 Å². The molecule has 5 rings (SSSR count). The van der Waals surface area contributed by atoms with Crippen LogP contribution in [0.5, 0.6) is 23.0 Å². The number of amides is 4. The SMILES string of the molecule is COCCOc1cc2cc(c1)C(=O)NCCNC(=O)N[C@H]1CCN(C(=O)c3c(F)cccc3OC)C[C@@H]1OCc1cccc(c1)O2. The topological polar surface area (TPSA) is 137 Å². The number of nitrogens with one attached hydrogen (secondary N) is 3. The number of rotatable bonds is 6. The molecule has 0 unspecified atom stereocenters. The van der Waals surface area contributed by atoms with E-state index in [4.69, 9.17) is 23.7 Å². The Labute approximate surface area is 266 Å². The summed E-state index contributed by atoms with van der Waals surface area (Å²) in [5.74, 6) is -0.112. The second-order valence-electron chi connectivity index (χ2n) is 10.8. The number of benzene rings is 3. The van der Waals surface area contributed by atoms with Crippen molar-refractivity contribution in [1.82, 2.24) is 20.9 Å². The standard InChI is InChI=1S/C33H37FN4O8/c1-42-13-14-44-24-16-22-17-25(18-24)46-23-6-3-5-21(15-23)20-45-29-19-38(32(40)30-26(34)7-4-8-28(30)43-2)12-9-27(29)37-33(41)36-11-10-35-31(22)39/h3-8,15-18,27,29H,9-14,19-20H2,1-2H3,(H,35,39)(H2,36,37,41)/t27-,29-/m0/s1. The van der Waals surface area contributed by atoms with Crippen LogP contribution in [0, 0.1) is 5.82 Å². The van der Waals surface area contributed by atoms with Gasteiger partial charge in [0.05, 0.1) is 32.5 Å². The van der Waals surface area contributed by atoms with Gasteiger partial charge >= 0.3 is 6.03 Å². The Balaban J connectivity index is 1.38. The lowest BCUT2D eigenvalue weighted by molar-refractivity contribution is -0.0237. The molecular formula is C33H37FN4O8. The van der Waals surface area contributed by atoms with Crippen LogP contribution >= 0.6 is 0 Å². The number of piperidine rings is 1. The zero-order valence-electron chi connectivity index (χ0n) is 25.7. The Hall–Kier alpha value is -4.88. The van der Waals surface area contributed by atoms with Gasteiger partial charge in [-0.05, 0) is 48.4 Å². The largest absolute Gasteiger partial charge is 0.496 e. The second kappa shape index (κ2) is 15.4. The molecule has 3 aromatic rings. The number of carbonyl (C=O) groups excluding carboxylic acids is 3. The van der Waals surface area contributed by atoms with Crippen LogP contribution < -0.4 is 30.2 Å². The molecule has 4 bridgehead atoms. The van der Waals surface area contributed by atoms with E-state index < -0.39 is 29.9 Å². The third-order valence-electron chi connectivity index (χ3n) is 7.56. The van der Waals surface area contributed by atoms with E-state index >= 15 is 0 Å². The predicted octanol–water partition coefficient (Wildman–Crippen LogP) is 3.49. The molecule has 0 saturated carbocycles. The monoisotopic (exact) mass is 636 g/mol. The maximum atomic E-state index is 14.7. The molecule has 1 saturated heterocycles. The Morgan fingerprint density at radius 2 is 1.83 bits per heavy atom. The van der Waals surface area contributed by atoms with E-state index in [1.54, 1.807) is 37.4 Å². The van der Waals surface area contributed by atoms with Crippen molar-refractivity contribution in [2.24, 2.45) is 0 Å². The number of urea groups is 1. The molecule has 2 heterocycles. The molecule has 0 aliphatic carbocycles. The van der Waals surface area contributed by atoms with Crippen molar-refractivity contribution < 1.29 is 42.5 Å². The molecule has 1 fully saturated rings. The maximum Gasteiger partial charge on any atom is 0.315 e. The molecular weight excluding hydrogens is 599 g/mol. The van der Waals surface area contributed by atoms with Crippen LogP contribution in [0.25, 0.3) is 0 Å². The number of hydrogen-bond donors (Lipinski definition) is 3. The van der Waals surface area contributed by atoms with Gasteiger partial charge in [-0.3, -0.25) is 9.59 Å². The van der Waals surface area contributed by atoms with Gasteiger partial charge in [0.25, 0.3) is 11.8 Å². The first-order chi connectivity index (χ1) is 22.3. The average molecular weight is 637 g/mol. The third-order valence-corrected chi connectivity index (χ3v) is 7.56. The van der Waals surface area contributed by atoms with E-state index in [1.165, 1.54) is 30.2 Å². The van der Waals surface area contributed by atoms with Crippen LogP contribution in [-0.4, -0.2) is 88.5 Å². The molecule has 13 heteroatoms. The Bertz CT molecular complexity index is 1550. The smallest absolute Gasteiger partial charge is 0.315 e. The summed E-state index contributed by atoms with van der Waals surface area (Å²) >= 11 is 0. The molecule has 244 valence electrons. The van der Waals surface area contributed by atoms with Crippen LogP contribution in [0.2, 0.25) is 0 Å². The van der Waals surface area contributed by atoms with Gasteiger partial charge in [-0.25, -0.2) is 9.18 Å². The zero-order valence-corrected chi connectivity index (χ0v) is 25.7. The summed E-state index contributed by atoms with van der Waals surface area (Å²) in [6, 6.07) is 15.5. The Kier molecular flexibility index (Phi) is 10.9. The van der Waals surface area contributed by atoms with Crippen LogP contribution in [0.4, 0.5) is 9.18 Å². The van der Waals surface area contributed by atoms with Crippen molar-refractivity contribution >= 4 is 17.8 Å². The number of hydrogen-bond acceptors (Lipinski definition) is 8. The first-order valence-electron chi connectivity index (χ1n) is 14.9. The summed E-state index contributed by atoms with van der Waals surface area (Å²) in [5, 5.41) is 8.48. The molecule has 0 aromatic heterocycles. The molecule has 3 aromatic carbocycles. The highest BCUT2D eigenvalue weighted by molar-refractivity contribution is 5.97. The number of fused-ring (bicyclic) bond motifs is 5. The van der Waals surface area contributed by atoms with Gasteiger partial charge in [0.15, 0.2) is 0 Å². The molecule has 46 heavy (non-hydrogen) atoms. The fourth-order valence-electron chi connectivity index (χ4n) is 5.27. The lowest BCUT2D eigenvalue weighted by atomic mass is 10.00. The number of carbonyl (C=O) groups is 3. The summed E-state index contributed by atoms with van der Waals surface area (Å²) < 4.78 is 43.3. The number of methoxy groups -OCH3 is 2. The van der Waals surface area contributed by atoms with Crippen LogP contribution in [-0.2, 0) is 16.1 Å². The van der Waals surface area contributed by atoms with Gasteiger partial charge < -0.3 is 44.5 Å². The van der Waals surface area contributed by atoms with Gasteiger partial charge in [0.1, 0.15) is 41.0 Å². The third kappa shape index (κ3) is 8.23. The second-order valence-corrected chi connectivity index (χ2v) is 10.8. The molecule has 0 radical (unpaired) electrons. The fraction of sp³-hybridized carbons (Fsp3) is 0.364. The molecule has 0 spiro atoms.